The third-order valence-electron chi connectivity index (χ3n) is 2.02. The summed E-state index contributed by atoms with van der Waals surface area (Å²) in [5.74, 6) is -1.13. The van der Waals surface area contributed by atoms with Gasteiger partial charge in [0.1, 0.15) is 12.2 Å². The lowest BCUT2D eigenvalue weighted by molar-refractivity contribution is -0.274. The van der Waals surface area contributed by atoms with Crippen LogP contribution < -0.4 is 10.1 Å². The van der Waals surface area contributed by atoms with Crippen molar-refractivity contribution in [2.24, 2.45) is 0 Å². The topological polar surface area (TPSA) is 62.1 Å². The van der Waals surface area contributed by atoms with E-state index in [1.54, 1.807) is 6.07 Å². The Morgan fingerprint density at radius 2 is 2.16 bits per heavy atom. The maximum absolute atomic E-state index is 12.1. The zero-order chi connectivity index (χ0) is 14.6. The van der Waals surface area contributed by atoms with Crippen molar-refractivity contribution < 1.29 is 22.7 Å². The minimum atomic E-state index is -4.85. The maximum atomic E-state index is 12.1. The first-order valence-corrected chi connectivity index (χ1v) is 5.33. The van der Waals surface area contributed by atoms with Gasteiger partial charge in [0.2, 0.25) is 5.91 Å². The second kappa shape index (κ2) is 5.80. The Kier molecular flexibility index (Phi) is 4.62. The largest absolute Gasteiger partial charge is 0.573 e. The van der Waals surface area contributed by atoms with Crippen molar-refractivity contribution >= 4 is 23.2 Å². The van der Waals surface area contributed by atoms with Crippen molar-refractivity contribution in [2.75, 3.05) is 5.32 Å². The molecule has 19 heavy (non-hydrogen) atoms. The smallest absolute Gasteiger partial charge is 0.404 e. The SMILES string of the molecule is Cc1cc(OC(F)(F)F)c(Cl)cc1NC(=O)CC#N. The molecule has 0 aliphatic rings. The van der Waals surface area contributed by atoms with E-state index in [4.69, 9.17) is 16.9 Å². The van der Waals surface area contributed by atoms with Crippen LogP contribution in [0.15, 0.2) is 12.1 Å². The predicted octanol–water partition coefficient (Wildman–Crippen LogP) is 3.40. The summed E-state index contributed by atoms with van der Waals surface area (Å²) in [5, 5.41) is 10.4. The summed E-state index contributed by atoms with van der Waals surface area (Å²) in [7, 11) is 0. The fourth-order valence-electron chi connectivity index (χ4n) is 1.26. The number of rotatable bonds is 3. The molecule has 1 N–H and O–H groups in total. The molecule has 0 fully saturated rings. The van der Waals surface area contributed by atoms with E-state index in [9.17, 15) is 18.0 Å². The number of hydrogen-bond acceptors (Lipinski definition) is 3. The average Bonchev–Trinajstić information content (AvgIpc) is 2.23. The van der Waals surface area contributed by atoms with E-state index in [0.29, 0.717) is 5.56 Å². The van der Waals surface area contributed by atoms with Gasteiger partial charge in [0, 0.05) is 5.69 Å². The van der Waals surface area contributed by atoms with E-state index >= 15 is 0 Å². The summed E-state index contributed by atoms with van der Waals surface area (Å²) in [6.45, 7) is 1.47. The molecule has 0 spiro atoms. The van der Waals surface area contributed by atoms with Crippen LogP contribution in [-0.4, -0.2) is 12.3 Å². The van der Waals surface area contributed by atoms with Gasteiger partial charge in [-0.05, 0) is 24.6 Å². The molecule has 0 bridgehead atoms. The molecule has 0 aliphatic heterocycles. The molecule has 0 aliphatic carbocycles. The van der Waals surface area contributed by atoms with Gasteiger partial charge in [0.05, 0.1) is 11.1 Å². The lowest BCUT2D eigenvalue weighted by Gasteiger charge is -2.13. The second-order valence-corrected chi connectivity index (χ2v) is 3.94. The molecule has 0 aromatic heterocycles. The molecule has 4 nitrogen and oxygen atoms in total. The van der Waals surface area contributed by atoms with Gasteiger partial charge in [0.15, 0.2) is 0 Å². The molecule has 8 heteroatoms. The van der Waals surface area contributed by atoms with Crippen molar-refractivity contribution in [1.82, 2.24) is 0 Å². The fraction of sp³-hybridized carbons (Fsp3) is 0.273. The predicted molar refractivity (Wildman–Crippen MR) is 61.7 cm³/mol. The molecule has 1 rings (SSSR count). The van der Waals surface area contributed by atoms with Gasteiger partial charge in [-0.25, -0.2) is 0 Å². The van der Waals surface area contributed by atoms with Gasteiger partial charge in [-0.15, -0.1) is 13.2 Å². The van der Waals surface area contributed by atoms with Crippen molar-refractivity contribution in [3.63, 3.8) is 0 Å². The first-order chi connectivity index (χ1) is 8.73. The van der Waals surface area contributed by atoms with E-state index in [1.807, 2.05) is 0 Å². The number of carbonyl (C=O) groups excluding carboxylic acids is 1. The van der Waals surface area contributed by atoms with Crippen molar-refractivity contribution in [2.45, 2.75) is 19.7 Å². The summed E-state index contributed by atoms with van der Waals surface area (Å²) in [6, 6.07) is 3.83. The number of anilines is 1. The zero-order valence-corrected chi connectivity index (χ0v) is 10.4. The number of benzene rings is 1. The lowest BCUT2D eigenvalue weighted by Crippen LogP contribution is -2.18. The van der Waals surface area contributed by atoms with E-state index in [2.05, 4.69) is 10.1 Å². The summed E-state index contributed by atoms with van der Waals surface area (Å²) in [5.41, 5.74) is 0.551. The van der Waals surface area contributed by atoms with Crippen molar-refractivity contribution in [3.05, 3.63) is 22.7 Å². The zero-order valence-electron chi connectivity index (χ0n) is 9.64. The normalized spacial score (nSPS) is 10.7. The van der Waals surface area contributed by atoms with Gasteiger partial charge in [0.25, 0.3) is 0 Å². The Morgan fingerprint density at radius 1 is 1.53 bits per heavy atom. The number of amides is 1. The molecule has 102 valence electrons. The maximum Gasteiger partial charge on any atom is 0.573 e. The molecule has 0 unspecified atom stereocenters. The highest BCUT2D eigenvalue weighted by Gasteiger charge is 2.32. The lowest BCUT2D eigenvalue weighted by atomic mass is 10.2. The van der Waals surface area contributed by atoms with Crippen LogP contribution in [0.5, 0.6) is 5.75 Å². The number of nitrogens with zero attached hydrogens (tertiary/aromatic N) is 1. The van der Waals surface area contributed by atoms with Crippen LogP contribution >= 0.6 is 11.6 Å². The van der Waals surface area contributed by atoms with E-state index in [1.165, 1.54) is 6.92 Å². The van der Waals surface area contributed by atoms with Crippen LogP contribution in [-0.2, 0) is 4.79 Å². The van der Waals surface area contributed by atoms with Crippen LogP contribution in [0.1, 0.15) is 12.0 Å². The summed E-state index contributed by atoms with van der Waals surface area (Å²) >= 11 is 5.63. The Morgan fingerprint density at radius 3 is 2.68 bits per heavy atom. The Hall–Kier alpha value is -1.94. The van der Waals surface area contributed by atoms with Crippen LogP contribution in [0.4, 0.5) is 18.9 Å². The third-order valence-corrected chi connectivity index (χ3v) is 2.31. The van der Waals surface area contributed by atoms with E-state index < -0.39 is 18.0 Å². The number of aryl methyl sites for hydroxylation is 1. The van der Waals surface area contributed by atoms with E-state index in [0.717, 1.165) is 12.1 Å². The molecule has 0 saturated carbocycles. The first-order valence-electron chi connectivity index (χ1n) is 4.95. The van der Waals surface area contributed by atoms with Gasteiger partial charge < -0.3 is 10.1 Å². The van der Waals surface area contributed by atoms with Crippen LogP contribution in [0, 0.1) is 18.3 Å². The Balaban J connectivity index is 2.98. The average molecular weight is 293 g/mol. The molecular weight excluding hydrogens is 285 g/mol. The highest BCUT2D eigenvalue weighted by atomic mass is 35.5. The molecular formula is C11H8ClF3N2O2. The van der Waals surface area contributed by atoms with Gasteiger partial charge in [-0.3, -0.25) is 4.79 Å². The number of carbonyl (C=O) groups is 1. The van der Waals surface area contributed by atoms with Gasteiger partial charge in [-0.2, -0.15) is 5.26 Å². The van der Waals surface area contributed by atoms with Crippen LogP contribution in [0.3, 0.4) is 0 Å². The summed E-state index contributed by atoms with van der Waals surface area (Å²) in [6.07, 6.45) is -5.21. The highest BCUT2D eigenvalue weighted by Crippen LogP contribution is 2.34. The van der Waals surface area contributed by atoms with Gasteiger partial charge >= 0.3 is 6.36 Å². The van der Waals surface area contributed by atoms with Crippen molar-refractivity contribution in [3.8, 4) is 11.8 Å². The molecule has 0 atom stereocenters. The molecule has 1 aromatic rings. The number of nitriles is 1. The number of alkyl halides is 3. The van der Waals surface area contributed by atoms with Gasteiger partial charge in [-0.1, -0.05) is 11.6 Å². The van der Waals surface area contributed by atoms with Crippen molar-refractivity contribution in [1.29, 1.82) is 5.26 Å². The minimum absolute atomic E-state index is 0.222. The summed E-state index contributed by atoms with van der Waals surface area (Å²) in [4.78, 5) is 11.2. The first kappa shape index (κ1) is 15.1. The number of nitrogens with one attached hydrogen (secondary N) is 1. The number of halogens is 4. The molecule has 1 amide bonds. The monoisotopic (exact) mass is 292 g/mol. The highest BCUT2D eigenvalue weighted by molar-refractivity contribution is 6.32. The quantitative estimate of drug-likeness (QED) is 0.928. The molecule has 0 saturated heterocycles. The van der Waals surface area contributed by atoms with Crippen LogP contribution in [0.2, 0.25) is 5.02 Å². The van der Waals surface area contributed by atoms with E-state index in [-0.39, 0.29) is 17.1 Å². The molecule has 0 radical (unpaired) electrons. The fourth-order valence-corrected chi connectivity index (χ4v) is 1.46. The standard InChI is InChI=1S/C11H8ClF3N2O2/c1-6-4-9(19-11(13,14)15)7(12)5-8(6)17-10(18)2-3-16/h4-5H,2H2,1H3,(H,17,18). The van der Waals surface area contributed by atoms with Crippen LogP contribution in [0.25, 0.3) is 0 Å². The number of hydrogen-bond donors (Lipinski definition) is 1. The minimum Gasteiger partial charge on any atom is -0.404 e. The number of ether oxygens (including phenoxy) is 1. The Bertz CT molecular complexity index is 538. The summed E-state index contributed by atoms with van der Waals surface area (Å²) < 4.78 is 40.0. The molecule has 1 aromatic carbocycles. The molecule has 0 heterocycles. The Labute approximate surface area is 111 Å². The third kappa shape index (κ3) is 4.67. The second-order valence-electron chi connectivity index (χ2n) is 3.53.